The van der Waals surface area contributed by atoms with Crippen LogP contribution in [-0.4, -0.2) is 48.9 Å². The van der Waals surface area contributed by atoms with Crippen LogP contribution in [0.15, 0.2) is 35.3 Å². The number of benzene rings is 1. The molecule has 6 heteroatoms. The fraction of sp³-hybridized carbons (Fsp3) is 0.611. The summed E-state index contributed by atoms with van der Waals surface area (Å²) in [7, 11) is 0. The van der Waals surface area contributed by atoms with Gasteiger partial charge in [0.05, 0.1) is 13.2 Å². The number of hydrogen-bond donors (Lipinski definition) is 0. The van der Waals surface area contributed by atoms with Crippen LogP contribution in [0.25, 0.3) is 0 Å². The molecule has 6 nitrogen and oxygen atoms in total. The summed E-state index contributed by atoms with van der Waals surface area (Å²) in [6.45, 7) is 6.88. The third kappa shape index (κ3) is 2.84. The van der Waals surface area contributed by atoms with Gasteiger partial charge < -0.3 is 23.7 Å². The second-order valence-corrected chi connectivity index (χ2v) is 6.94. The minimum Gasteiger partial charge on any atom is -0.470 e. The molecule has 1 aromatic carbocycles. The second kappa shape index (κ2) is 5.81. The Morgan fingerprint density at radius 3 is 2.79 bits per heavy atom. The molecule has 0 saturated carbocycles. The van der Waals surface area contributed by atoms with Crippen molar-refractivity contribution in [2.45, 2.75) is 57.2 Å². The van der Waals surface area contributed by atoms with Crippen LogP contribution in [0.3, 0.4) is 0 Å². The van der Waals surface area contributed by atoms with Gasteiger partial charge in [-0.3, -0.25) is 0 Å². The van der Waals surface area contributed by atoms with Gasteiger partial charge in [0, 0.05) is 6.92 Å². The number of rotatable bonds is 4. The minimum atomic E-state index is -0.857. The molecule has 3 aliphatic rings. The van der Waals surface area contributed by atoms with Gasteiger partial charge in [0.15, 0.2) is 17.8 Å². The lowest BCUT2D eigenvalue weighted by atomic mass is 9.96. The number of hydrogen-bond acceptors (Lipinski definition) is 6. The Hall–Kier alpha value is -1.47. The largest absolute Gasteiger partial charge is 0.470 e. The fourth-order valence-electron chi connectivity index (χ4n) is 3.59. The van der Waals surface area contributed by atoms with Gasteiger partial charge in [-0.25, -0.2) is 4.99 Å². The molecule has 2 fully saturated rings. The van der Waals surface area contributed by atoms with Crippen molar-refractivity contribution >= 4 is 5.90 Å². The normalized spacial score (nSPS) is 36.6. The Morgan fingerprint density at radius 2 is 2.00 bits per heavy atom. The van der Waals surface area contributed by atoms with Crippen LogP contribution in [0.5, 0.6) is 0 Å². The highest BCUT2D eigenvalue weighted by Crippen LogP contribution is 2.43. The molecule has 24 heavy (non-hydrogen) atoms. The highest BCUT2D eigenvalue weighted by atomic mass is 16.8. The first kappa shape index (κ1) is 16.0. The summed E-state index contributed by atoms with van der Waals surface area (Å²) < 4.78 is 29.8. The van der Waals surface area contributed by atoms with Gasteiger partial charge in [0.1, 0.15) is 18.8 Å². The summed E-state index contributed by atoms with van der Waals surface area (Å²) in [5.74, 6) is -0.0447. The van der Waals surface area contributed by atoms with E-state index in [1.807, 2.05) is 51.1 Å². The van der Waals surface area contributed by atoms with Gasteiger partial charge in [-0.2, -0.15) is 0 Å². The molecular formula is C18H23NO5. The zero-order chi connectivity index (χ0) is 16.8. The average Bonchev–Trinajstić information content (AvgIpc) is 3.03. The molecule has 130 valence electrons. The SMILES string of the molecule is CC1=N[C@]2(COCc3ccccc3)OC[C@H]3OC(C)(C)O[C@H]3[C@@H]2O1. The number of nitrogens with zero attached hydrogens (tertiary/aromatic N) is 1. The Kier molecular flexibility index (Phi) is 3.88. The zero-order valence-electron chi connectivity index (χ0n) is 14.2. The number of fused-ring (bicyclic) bond motifs is 3. The van der Waals surface area contributed by atoms with Crippen LogP contribution in [0.4, 0.5) is 0 Å². The van der Waals surface area contributed by atoms with Crippen LogP contribution in [0.1, 0.15) is 26.3 Å². The van der Waals surface area contributed by atoms with Gasteiger partial charge in [0.2, 0.25) is 5.72 Å². The lowest BCUT2D eigenvalue weighted by Crippen LogP contribution is -2.59. The molecule has 0 aromatic heterocycles. The van der Waals surface area contributed by atoms with Crippen molar-refractivity contribution in [2.24, 2.45) is 4.99 Å². The first-order chi connectivity index (χ1) is 11.5. The van der Waals surface area contributed by atoms with Gasteiger partial charge in [0.25, 0.3) is 0 Å². The van der Waals surface area contributed by atoms with Crippen LogP contribution < -0.4 is 0 Å². The van der Waals surface area contributed by atoms with Crippen LogP contribution in [0.2, 0.25) is 0 Å². The van der Waals surface area contributed by atoms with Gasteiger partial charge >= 0.3 is 0 Å². The quantitative estimate of drug-likeness (QED) is 0.846. The molecule has 3 heterocycles. The van der Waals surface area contributed by atoms with E-state index in [0.29, 0.717) is 25.7 Å². The topological polar surface area (TPSA) is 58.5 Å². The Morgan fingerprint density at radius 1 is 1.21 bits per heavy atom. The highest BCUT2D eigenvalue weighted by molar-refractivity contribution is 5.76. The summed E-state index contributed by atoms with van der Waals surface area (Å²) in [4.78, 5) is 4.59. The highest BCUT2D eigenvalue weighted by Gasteiger charge is 2.61. The van der Waals surface area contributed by atoms with E-state index in [4.69, 9.17) is 23.7 Å². The van der Waals surface area contributed by atoms with Crippen molar-refractivity contribution in [3.8, 4) is 0 Å². The summed E-state index contributed by atoms with van der Waals surface area (Å²) >= 11 is 0. The predicted octanol–water partition coefficient (Wildman–Crippen LogP) is 2.27. The van der Waals surface area contributed by atoms with Crippen molar-refractivity contribution < 1.29 is 23.7 Å². The second-order valence-electron chi connectivity index (χ2n) is 6.94. The fourth-order valence-corrected chi connectivity index (χ4v) is 3.59. The van der Waals surface area contributed by atoms with E-state index in [0.717, 1.165) is 5.56 Å². The molecule has 3 aliphatic heterocycles. The molecule has 0 aliphatic carbocycles. The third-order valence-electron chi connectivity index (χ3n) is 4.53. The van der Waals surface area contributed by atoms with Crippen molar-refractivity contribution in [2.75, 3.05) is 13.2 Å². The first-order valence-electron chi connectivity index (χ1n) is 8.32. The molecule has 4 atom stereocenters. The molecular weight excluding hydrogens is 310 g/mol. The van der Waals surface area contributed by atoms with Crippen LogP contribution in [-0.2, 0) is 30.3 Å². The molecule has 4 rings (SSSR count). The molecule has 0 unspecified atom stereocenters. The predicted molar refractivity (Wildman–Crippen MR) is 86.6 cm³/mol. The number of aliphatic imine (C=N–C) groups is 1. The lowest BCUT2D eigenvalue weighted by Gasteiger charge is -2.39. The van der Waals surface area contributed by atoms with Crippen molar-refractivity contribution in [1.82, 2.24) is 0 Å². The van der Waals surface area contributed by atoms with Gasteiger partial charge in [-0.1, -0.05) is 30.3 Å². The summed E-state index contributed by atoms with van der Waals surface area (Å²) in [5, 5.41) is 0. The Balaban J connectivity index is 1.47. The van der Waals surface area contributed by atoms with E-state index in [1.165, 1.54) is 0 Å². The zero-order valence-corrected chi connectivity index (χ0v) is 14.2. The van der Waals surface area contributed by atoms with Gasteiger partial charge in [-0.05, 0) is 19.4 Å². The monoisotopic (exact) mass is 333 g/mol. The lowest BCUT2D eigenvalue weighted by molar-refractivity contribution is -0.208. The summed E-state index contributed by atoms with van der Waals surface area (Å²) in [5.41, 5.74) is 0.254. The maximum absolute atomic E-state index is 6.06. The average molecular weight is 333 g/mol. The van der Waals surface area contributed by atoms with Crippen molar-refractivity contribution in [3.63, 3.8) is 0 Å². The Bertz CT molecular complexity index is 632. The minimum absolute atomic E-state index is 0.145. The maximum atomic E-state index is 6.06. The van der Waals surface area contributed by atoms with E-state index >= 15 is 0 Å². The summed E-state index contributed by atoms with van der Waals surface area (Å²) in [6, 6.07) is 10.0. The van der Waals surface area contributed by atoms with Crippen LogP contribution in [0, 0.1) is 0 Å². The molecule has 0 radical (unpaired) electrons. The van der Waals surface area contributed by atoms with Crippen molar-refractivity contribution in [1.29, 1.82) is 0 Å². The number of ether oxygens (including phenoxy) is 5. The smallest absolute Gasteiger partial charge is 0.225 e. The molecule has 0 N–H and O–H groups in total. The first-order valence-corrected chi connectivity index (χ1v) is 8.32. The summed E-state index contributed by atoms with van der Waals surface area (Å²) in [6.07, 6.45) is -0.711. The third-order valence-corrected chi connectivity index (χ3v) is 4.53. The molecule has 2 saturated heterocycles. The standard InChI is InChI=1S/C18H23NO5/c1-12-19-18(11-20-9-13-7-5-4-6-8-13)16(22-12)15-14(10-21-18)23-17(2,3)24-15/h4-8,14-16H,9-11H2,1-3H3/t14-,15-,16+,18-/m1/s1. The molecule has 1 aromatic rings. The molecule has 0 amide bonds. The van der Waals surface area contributed by atoms with E-state index in [-0.39, 0.29) is 18.3 Å². The van der Waals surface area contributed by atoms with E-state index in [9.17, 15) is 0 Å². The van der Waals surface area contributed by atoms with Crippen LogP contribution >= 0.6 is 0 Å². The van der Waals surface area contributed by atoms with E-state index in [1.54, 1.807) is 0 Å². The molecule has 0 spiro atoms. The van der Waals surface area contributed by atoms with Crippen molar-refractivity contribution in [3.05, 3.63) is 35.9 Å². The maximum Gasteiger partial charge on any atom is 0.225 e. The van der Waals surface area contributed by atoms with Gasteiger partial charge in [-0.15, -0.1) is 0 Å². The van der Waals surface area contributed by atoms with E-state index < -0.39 is 11.5 Å². The Labute approximate surface area is 141 Å². The van der Waals surface area contributed by atoms with E-state index in [2.05, 4.69) is 4.99 Å². The molecule has 0 bridgehead atoms.